The number of nitrogens with zero attached hydrogens (tertiary/aromatic N) is 1. The Kier molecular flexibility index (Phi) is 4.85. The zero-order chi connectivity index (χ0) is 13.9. The van der Waals surface area contributed by atoms with E-state index in [9.17, 15) is 4.79 Å². The van der Waals surface area contributed by atoms with Gasteiger partial charge in [0.05, 0.1) is 12.0 Å². The van der Waals surface area contributed by atoms with Crippen molar-refractivity contribution in [2.75, 3.05) is 26.7 Å². The van der Waals surface area contributed by atoms with Crippen molar-refractivity contribution >= 4 is 5.91 Å². The van der Waals surface area contributed by atoms with E-state index in [1.165, 1.54) is 19.3 Å². The van der Waals surface area contributed by atoms with Crippen LogP contribution in [-0.4, -0.2) is 49.2 Å². The Morgan fingerprint density at radius 3 is 2.63 bits per heavy atom. The van der Waals surface area contributed by atoms with E-state index in [1.54, 1.807) is 7.11 Å². The second-order valence-electron chi connectivity index (χ2n) is 6.52. The van der Waals surface area contributed by atoms with Crippen LogP contribution < -0.4 is 5.32 Å². The summed E-state index contributed by atoms with van der Waals surface area (Å²) >= 11 is 0. The number of ether oxygens (including phenoxy) is 1. The van der Waals surface area contributed by atoms with Crippen LogP contribution in [0.25, 0.3) is 0 Å². The van der Waals surface area contributed by atoms with Gasteiger partial charge in [-0.2, -0.15) is 0 Å². The molecule has 19 heavy (non-hydrogen) atoms. The lowest BCUT2D eigenvalue weighted by atomic mass is 9.88. The van der Waals surface area contributed by atoms with Crippen LogP contribution in [0.5, 0.6) is 0 Å². The van der Waals surface area contributed by atoms with E-state index in [1.807, 2.05) is 13.8 Å². The molecule has 0 aliphatic carbocycles. The fourth-order valence-corrected chi connectivity index (χ4v) is 3.36. The summed E-state index contributed by atoms with van der Waals surface area (Å²) in [6, 6.07) is 0.474. The molecular formula is C15H28N2O2. The quantitative estimate of drug-likeness (QED) is 0.845. The third-order valence-corrected chi connectivity index (χ3v) is 4.68. The molecule has 1 atom stereocenters. The summed E-state index contributed by atoms with van der Waals surface area (Å²) < 4.78 is 5.39. The number of methoxy groups -OCH3 is 1. The highest BCUT2D eigenvalue weighted by Gasteiger charge is 2.36. The molecule has 1 unspecified atom stereocenters. The first kappa shape index (κ1) is 14.8. The molecule has 0 radical (unpaired) electrons. The van der Waals surface area contributed by atoms with Crippen molar-refractivity contribution in [1.29, 1.82) is 0 Å². The highest BCUT2D eigenvalue weighted by molar-refractivity contribution is 5.77. The molecule has 0 saturated carbocycles. The summed E-state index contributed by atoms with van der Waals surface area (Å²) in [4.78, 5) is 14.6. The lowest BCUT2D eigenvalue weighted by Gasteiger charge is -2.35. The van der Waals surface area contributed by atoms with Crippen LogP contribution in [0.4, 0.5) is 0 Å². The number of amides is 1. The normalized spacial score (nSPS) is 25.8. The van der Waals surface area contributed by atoms with Crippen LogP contribution in [0.3, 0.4) is 0 Å². The Morgan fingerprint density at radius 1 is 1.32 bits per heavy atom. The number of nitrogens with one attached hydrogen (secondary N) is 1. The molecule has 4 heteroatoms. The van der Waals surface area contributed by atoms with Gasteiger partial charge in [-0.15, -0.1) is 0 Å². The second-order valence-corrected chi connectivity index (χ2v) is 6.52. The molecule has 2 heterocycles. The van der Waals surface area contributed by atoms with Crippen LogP contribution in [0, 0.1) is 5.92 Å². The largest absolute Gasteiger partial charge is 0.378 e. The van der Waals surface area contributed by atoms with E-state index in [4.69, 9.17) is 4.74 Å². The predicted molar refractivity (Wildman–Crippen MR) is 76.0 cm³/mol. The number of hydrogen-bond donors (Lipinski definition) is 1. The monoisotopic (exact) mass is 268 g/mol. The zero-order valence-electron chi connectivity index (χ0n) is 12.6. The first-order valence-corrected chi connectivity index (χ1v) is 7.59. The molecule has 4 nitrogen and oxygen atoms in total. The topological polar surface area (TPSA) is 41.6 Å². The number of carbonyl (C=O) groups is 1. The van der Waals surface area contributed by atoms with Gasteiger partial charge >= 0.3 is 0 Å². The van der Waals surface area contributed by atoms with Gasteiger partial charge < -0.3 is 15.0 Å². The summed E-state index contributed by atoms with van der Waals surface area (Å²) in [7, 11) is 1.68. The van der Waals surface area contributed by atoms with Gasteiger partial charge in [-0.3, -0.25) is 4.79 Å². The smallest absolute Gasteiger partial charge is 0.225 e. The van der Waals surface area contributed by atoms with Crippen LogP contribution in [0.2, 0.25) is 0 Å². The number of rotatable bonds is 4. The SMILES string of the molecule is COC(C)(C)CC(=O)N1CCCC1C1CCNCC1. The van der Waals surface area contributed by atoms with Gasteiger partial charge in [0, 0.05) is 19.7 Å². The van der Waals surface area contributed by atoms with Gasteiger partial charge in [0.25, 0.3) is 0 Å². The van der Waals surface area contributed by atoms with Crippen molar-refractivity contribution < 1.29 is 9.53 Å². The Bertz CT molecular complexity index is 311. The summed E-state index contributed by atoms with van der Waals surface area (Å²) in [5.74, 6) is 0.964. The van der Waals surface area contributed by atoms with Crippen molar-refractivity contribution in [1.82, 2.24) is 10.2 Å². The van der Waals surface area contributed by atoms with Crippen molar-refractivity contribution in [2.24, 2.45) is 5.92 Å². The second kappa shape index (κ2) is 6.23. The van der Waals surface area contributed by atoms with Crippen molar-refractivity contribution in [2.45, 2.75) is 57.6 Å². The maximum Gasteiger partial charge on any atom is 0.225 e. The number of likely N-dealkylation sites (tertiary alicyclic amines) is 1. The average molecular weight is 268 g/mol. The van der Waals surface area contributed by atoms with Gasteiger partial charge in [0.2, 0.25) is 5.91 Å². The van der Waals surface area contributed by atoms with Crippen molar-refractivity contribution in [3.05, 3.63) is 0 Å². The molecule has 0 aromatic heterocycles. The van der Waals surface area contributed by atoms with Crippen molar-refractivity contribution in [3.63, 3.8) is 0 Å². The van der Waals surface area contributed by atoms with E-state index < -0.39 is 0 Å². The summed E-state index contributed by atoms with van der Waals surface area (Å²) in [5.41, 5.74) is -0.349. The highest BCUT2D eigenvalue weighted by Crippen LogP contribution is 2.31. The number of carbonyl (C=O) groups excluding carboxylic acids is 1. The Hall–Kier alpha value is -0.610. The van der Waals surface area contributed by atoms with Crippen LogP contribution >= 0.6 is 0 Å². The minimum absolute atomic E-state index is 0.271. The third kappa shape index (κ3) is 3.69. The van der Waals surface area contributed by atoms with Crippen LogP contribution in [0.15, 0.2) is 0 Å². The maximum absolute atomic E-state index is 12.5. The Balaban J connectivity index is 1.95. The fourth-order valence-electron chi connectivity index (χ4n) is 3.36. The van der Waals surface area contributed by atoms with E-state index in [0.29, 0.717) is 18.4 Å². The first-order chi connectivity index (χ1) is 9.03. The molecular weight excluding hydrogens is 240 g/mol. The number of hydrogen-bond acceptors (Lipinski definition) is 3. The summed E-state index contributed by atoms with van der Waals surface area (Å²) in [6.45, 7) is 7.12. The van der Waals surface area contributed by atoms with Crippen LogP contribution in [-0.2, 0) is 9.53 Å². The molecule has 2 rings (SSSR count). The molecule has 2 aliphatic heterocycles. The maximum atomic E-state index is 12.5. The molecule has 0 bridgehead atoms. The van der Waals surface area contributed by atoms with Gasteiger partial charge in [0.1, 0.15) is 0 Å². The highest BCUT2D eigenvalue weighted by atomic mass is 16.5. The molecule has 1 N–H and O–H groups in total. The molecule has 0 spiro atoms. The lowest BCUT2D eigenvalue weighted by molar-refractivity contribution is -0.138. The lowest BCUT2D eigenvalue weighted by Crippen LogP contribution is -2.45. The minimum atomic E-state index is -0.349. The van der Waals surface area contributed by atoms with Gasteiger partial charge in [0.15, 0.2) is 0 Å². The van der Waals surface area contributed by atoms with Crippen LogP contribution in [0.1, 0.15) is 46.0 Å². The standard InChI is InChI=1S/C15H28N2O2/c1-15(2,19-3)11-14(18)17-10-4-5-13(17)12-6-8-16-9-7-12/h12-13,16H,4-11H2,1-3H3. The molecule has 2 fully saturated rings. The molecule has 0 aromatic carbocycles. The number of piperidine rings is 1. The van der Waals surface area contributed by atoms with Gasteiger partial charge in [-0.25, -0.2) is 0 Å². The predicted octanol–water partition coefficient (Wildman–Crippen LogP) is 1.79. The first-order valence-electron chi connectivity index (χ1n) is 7.59. The zero-order valence-corrected chi connectivity index (χ0v) is 12.6. The average Bonchev–Trinajstić information content (AvgIpc) is 2.88. The summed E-state index contributed by atoms with van der Waals surface area (Å²) in [5, 5.41) is 3.41. The van der Waals surface area contributed by atoms with Gasteiger partial charge in [-0.05, 0) is 58.5 Å². The minimum Gasteiger partial charge on any atom is -0.378 e. The van der Waals surface area contributed by atoms with E-state index in [-0.39, 0.29) is 11.5 Å². The fraction of sp³-hybridized carbons (Fsp3) is 0.933. The third-order valence-electron chi connectivity index (χ3n) is 4.68. The molecule has 1 amide bonds. The molecule has 2 aliphatic rings. The molecule has 2 saturated heterocycles. The summed E-state index contributed by atoms with van der Waals surface area (Å²) in [6.07, 6.45) is 5.26. The molecule has 0 aromatic rings. The van der Waals surface area contributed by atoms with E-state index >= 15 is 0 Å². The van der Waals surface area contributed by atoms with Crippen molar-refractivity contribution in [3.8, 4) is 0 Å². The van der Waals surface area contributed by atoms with Gasteiger partial charge in [-0.1, -0.05) is 0 Å². The van der Waals surface area contributed by atoms with E-state index in [0.717, 1.165) is 26.1 Å². The molecule has 110 valence electrons. The van der Waals surface area contributed by atoms with E-state index in [2.05, 4.69) is 10.2 Å². The Morgan fingerprint density at radius 2 is 2.00 bits per heavy atom. The Labute approximate surface area is 116 Å².